The maximum absolute atomic E-state index is 12.2. The minimum absolute atomic E-state index is 0.0230. The van der Waals surface area contributed by atoms with E-state index in [0.717, 1.165) is 24.3 Å². The fourth-order valence-electron chi connectivity index (χ4n) is 8.63. The minimum atomic E-state index is -5.16. The summed E-state index contributed by atoms with van der Waals surface area (Å²) in [4.78, 5) is -3.85. The van der Waals surface area contributed by atoms with E-state index in [-0.39, 0.29) is 138 Å². The first-order chi connectivity index (χ1) is 46.2. The molecule has 0 spiro atoms. The number of ether oxygens (including phenoxy) is 4. The molecule has 0 aliphatic carbocycles. The molecule has 38 nitrogen and oxygen atoms in total. The van der Waals surface area contributed by atoms with Crippen LogP contribution in [-0.2, 0) is 80.9 Å². The quantitative estimate of drug-likeness (QED) is 0.00756. The van der Waals surface area contributed by atoms with Gasteiger partial charge in [0.15, 0.2) is 0 Å². The summed E-state index contributed by atoms with van der Waals surface area (Å²) in [5.74, 6) is -2.96. The first-order valence-electron chi connectivity index (χ1n) is 28.4. The zero-order valence-corrected chi connectivity index (χ0v) is 59.3. The monoisotopic (exact) mass is 1560 g/mol. The molecule has 546 valence electrons. The van der Waals surface area contributed by atoms with Crippen molar-refractivity contribution in [1.82, 2.24) is 0 Å². The summed E-state index contributed by atoms with van der Waals surface area (Å²) in [5.41, 5.74) is 1.21. The Bertz CT molecular complexity index is 5200. The van der Waals surface area contributed by atoms with E-state index in [1.165, 1.54) is 44.2 Å². The molecule has 0 saturated carbocycles. The second-order valence-corrected chi connectivity index (χ2v) is 33.2. The molecule has 0 unspecified atom stereocenters. The van der Waals surface area contributed by atoms with Gasteiger partial charge in [-0.25, -0.2) is 0 Å². The molecule has 0 fully saturated rings. The molecule has 46 heteroatoms. The lowest BCUT2D eigenvalue weighted by molar-refractivity contribution is 0.315. The molecule has 0 amide bonds. The molecule has 0 heterocycles. The van der Waals surface area contributed by atoms with Gasteiger partial charge in [0.2, 0.25) is 0 Å². The minimum Gasteiger partial charge on any atom is -0.491 e. The van der Waals surface area contributed by atoms with Crippen molar-refractivity contribution >= 4 is 138 Å². The smallest absolute Gasteiger partial charge is 0.296 e. The van der Waals surface area contributed by atoms with Gasteiger partial charge in [-0.1, -0.05) is 0 Å². The van der Waals surface area contributed by atoms with Crippen molar-refractivity contribution < 1.29 is 123 Å². The molecule has 6 aromatic rings. The van der Waals surface area contributed by atoms with Crippen LogP contribution >= 0.6 is 0 Å². The first kappa shape index (κ1) is 80.8. The van der Waals surface area contributed by atoms with Crippen molar-refractivity contribution in [3.8, 4) is 23.0 Å². The molecule has 0 aliphatic heterocycles. The molecular weight excluding hydrogens is 1490 g/mol. The van der Waals surface area contributed by atoms with Gasteiger partial charge in [-0.05, 0) is 143 Å². The Kier molecular flexibility index (Phi) is 26.7. The van der Waals surface area contributed by atoms with Gasteiger partial charge in [-0.15, -0.1) is 25.6 Å². The second-order valence-electron chi connectivity index (χ2n) is 21.3. The third kappa shape index (κ3) is 25.1. The lowest BCUT2D eigenvalue weighted by Crippen LogP contribution is -2.15. The van der Waals surface area contributed by atoms with E-state index in [2.05, 4.69) is 51.5 Å². The Hall–Kier alpha value is -8.20. The highest BCUT2D eigenvalue weighted by Gasteiger charge is 2.25. The van der Waals surface area contributed by atoms with Crippen LogP contribution in [0.1, 0.15) is 53.5 Å². The molecule has 0 bridgehead atoms. The number of benzene rings is 6. The predicted octanol–water partition coefficient (Wildman–Crippen LogP) is 9.99. The van der Waals surface area contributed by atoms with Crippen molar-refractivity contribution in [3.05, 3.63) is 107 Å². The van der Waals surface area contributed by atoms with Crippen LogP contribution in [0, 0.1) is 34.6 Å². The Labute approximate surface area is 574 Å². The fraction of sp³-hybridized carbons (Fsp3) is 0.333. The van der Waals surface area contributed by atoms with E-state index in [1.54, 1.807) is 32.9 Å². The van der Waals surface area contributed by atoms with Crippen LogP contribution in [0.3, 0.4) is 0 Å². The highest BCUT2D eigenvalue weighted by Crippen LogP contribution is 2.44. The van der Waals surface area contributed by atoms with Gasteiger partial charge in [0.1, 0.15) is 55.5 Å². The summed E-state index contributed by atoms with van der Waals surface area (Å²) in [6.07, 6.45) is -0.903. The summed E-state index contributed by atoms with van der Waals surface area (Å²) in [7, 11) is -38.0. The van der Waals surface area contributed by atoms with Crippen LogP contribution in [0.2, 0.25) is 0 Å². The zero-order chi connectivity index (χ0) is 74.6. The van der Waals surface area contributed by atoms with Crippen LogP contribution in [0.4, 0.5) is 56.9 Å². The highest BCUT2D eigenvalue weighted by molar-refractivity contribution is 7.88. The molecule has 0 aromatic heterocycles. The number of anilines is 2. The topological polar surface area (TPSA) is 595 Å². The largest absolute Gasteiger partial charge is 0.491 e. The number of hydrogen-bond acceptors (Lipinski definition) is 30. The Morgan fingerprint density at radius 3 is 1.03 bits per heavy atom. The number of azo groups is 4. The van der Waals surface area contributed by atoms with Crippen LogP contribution in [0.15, 0.2) is 139 Å². The maximum atomic E-state index is 12.2. The standard InChI is InChI=1S/C54H64N10O28S8/c1-32-22-44(48(89-14-6-18-93(65,66)67)28-41(32)61-62-45-23-33(2)42(29-49(45)90-15-7-19-94(68,69)70)59-57-39-12-10-37(97(77,78)79)26-51(39)99(83,84)85)55-31-56-47-25-35(4)53(36(5)54(47)92-17-9-21-96(74,75)76)64-63-46-24-34(3)43(30-50(46)91-16-8-20-95(71,72)73)60-58-40-13-11-38(98(80,81)82)27-52(40)100(86,87)88/h10-13,22-30,55-56H,6-9,14-21,31H2,1-5H3,(H,65,66,67)(H,68,69,70)(H,71,72,73)(H,74,75,76)(H,77,78,79)(H,80,81,82)(H,83,84,85)(H,86,87,88). The predicted molar refractivity (Wildman–Crippen MR) is 357 cm³/mol. The van der Waals surface area contributed by atoms with Crippen molar-refractivity contribution in [3.63, 3.8) is 0 Å². The SMILES string of the molecule is Cc1cc(NCNc2cc(C)c(N=Nc3cc(C)c(N=Nc4ccc(S(=O)(=O)O)cc4S(=O)(=O)O)cc3OCCCS(=O)(=O)O)c(C)c2OCCCS(=O)(=O)O)c(OCCCS(=O)(=O)O)cc1N=Nc1cc(C)c(N=Nc2ccc(S(=O)(=O)O)cc2S(=O)(=O)O)cc1OCCCS(=O)(=O)O. The average molecular weight is 1560 g/mol. The van der Waals surface area contributed by atoms with Crippen LogP contribution < -0.4 is 29.6 Å². The molecule has 0 atom stereocenters. The molecule has 6 rings (SSSR count). The van der Waals surface area contributed by atoms with E-state index >= 15 is 0 Å². The Morgan fingerprint density at radius 1 is 0.330 bits per heavy atom. The summed E-state index contributed by atoms with van der Waals surface area (Å²) >= 11 is 0. The van der Waals surface area contributed by atoms with Crippen molar-refractivity contribution in [1.29, 1.82) is 0 Å². The number of nitrogens with one attached hydrogen (secondary N) is 2. The maximum Gasteiger partial charge on any atom is 0.296 e. The summed E-state index contributed by atoms with van der Waals surface area (Å²) in [6.45, 7) is 6.36. The second kappa shape index (κ2) is 33.1. The molecule has 0 saturated heterocycles. The lowest BCUT2D eigenvalue weighted by Gasteiger charge is -2.20. The molecule has 0 aliphatic rings. The first-order valence-corrected chi connectivity index (χ1v) is 40.6. The summed E-state index contributed by atoms with van der Waals surface area (Å²) in [5, 5.41) is 39.7. The van der Waals surface area contributed by atoms with Gasteiger partial charge in [0, 0.05) is 23.8 Å². The van der Waals surface area contributed by atoms with Gasteiger partial charge < -0.3 is 29.6 Å². The van der Waals surface area contributed by atoms with Gasteiger partial charge in [0.25, 0.3) is 80.9 Å². The normalized spacial score (nSPS) is 13.1. The van der Waals surface area contributed by atoms with Crippen LogP contribution in [-0.4, -0.2) is 160 Å². The number of nitrogens with zero attached hydrogens (tertiary/aromatic N) is 8. The van der Waals surface area contributed by atoms with Gasteiger partial charge in [-0.2, -0.15) is 82.7 Å². The summed E-state index contributed by atoms with van der Waals surface area (Å²) in [6, 6.07) is 14.0. The fourth-order valence-corrected chi connectivity index (χ4v) is 13.0. The van der Waals surface area contributed by atoms with E-state index in [4.69, 9.17) is 18.9 Å². The van der Waals surface area contributed by atoms with Gasteiger partial charge >= 0.3 is 0 Å². The van der Waals surface area contributed by atoms with Crippen molar-refractivity contribution in [2.45, 2.75) is 79.9 Å². The number of rotatable bonds is 36. The van der Waals surface area contributed by atoms with Crippen LogP contribution in [0.25, 0.3) is 0 Å². The Morgan fingerprint density at radius 2 is 0.650 bits per heavy atom. The van der Waals surface area contributed by atoms with Gasteiger partial charge in [0.05, 0.1) is 100 Å². The molecule has 0 radical (unpaired) electrons. The van der Waals surface area contributed by atoms with E-state index in [1.807, 2.05) is 0 Å². The number of aryl methyl sites for hydroxylation is 4. The third-order valence-electron chi connectivity index (χ3n) is 13.4. The van der Waals surface area contributed by atoms with Crippen LogP contribution in [0.5, 0.6) is 23.0 Å². The van der Waals surface area contributed by atoms with E-state index in [0.29, 0.717) is 28.8 Å². The lowest BCUT2D eigenvalue weighted by atomic mass is 10.1. The Balaban J connectivity index is 1.36. The average Bonchev–Trinajstić information content (AvgIpc) is 0.807. The molecule has 6 aromatic carbocycles. The van der Waals surface area contributed by atoms with Crippen molar-refractivity contribution in [2.24, 2.45) is 40.9 Å². The number of hydrogen-bond donors (Lipinski definition) is 10. The molecule has 100 heavy (non-hydrogen) atoms. The van der Waals surface area contributed by atoms with E-state index in [9.17, 15) is 104 Å². The molecular formula is C54H64N10O28S8. The molecule has 10 N–H and O–H groups in total. The highest BCUT2D eigenvalue weighted by atomic mass is 32.2. The van der Waals surface area contributed by atoms with Crippen molar-refractivity contribution in [2.75, 3.05) is 66.7 Å². The third-order valence-corrected chi connectivity index (χ3v) is 20.0. The van der Waals surface area contributed by atoms with E-state index < -0.39 is 135 Å². The zero-order valence-electron chi connectivity index (χ0n) is 52.8. The summed E-state index contributed by atoms with van der Waals surface area (Å²) < 4.78 is 289. The van der Waals surface area contributed by atoms with Gasteiger partial charge in [-0.3, -0.25) is 36.4 Å².